The summed E-state index contributed by atoms with van der Waals surface area (Å²) in [6.45, 7) is 21.1. The molecule has 8 nitrogen and oxygen atoms in total. The first-order valence-corrected chi connectivity index (χ1v) is 44.7. The van der Waals surface area contributed by atoms with E-state index in [0.29, 0.717) is 88.4 Å². The summed E-state index contributed by atoms with van der Waals surface area (Å²) in [4.78, 5) is 49.7. The maximum absolute atomic E-state index is 13.9. The van der Waals surface area contributed by atoms with Crippen molar-refractivity contribution in [1.82, 2.24) is 0 Å². The number of Topliss-reactive ketones (excluding diaryl/α,β-unsaturated/α-hetero) is 4. The van der Waals surface area contributed by atoms with Gasteiger partial charge in [-0.2, -0.15) is 92.2 Å². The molecule has 756 valence electrons. The summed E-state index contributed by atoms with van der Waals surface area (Å²) < 4.78 is 342. The van der Waals surface area contributed by atoms with E-state index in [1.807, 2.05) is 55.4 Å². The minimum Gasteiger partial charge on any atom is -0.457 e. The van der Waals surface area contributed by atoms with Crippen LogP contribution in [-0.4, -0.2) is 23.1 Å². The van der Waals surface area contributed by atoms with Crippen molar-refractivity contribution in [3.63, 3.8) is 0 Å². The molecule has 0 saturated heterocycles. The van der Waals surface area contributed by atoms with Gasteiger partial charge in [0.2, 0.25) is 0 Å². The molecule has 12 aromatic carbocycles. The fraction of sp³-hybridized carbons (Fsp3) is 0.290. The number of hydrogen-bond acceptors (Lipinski definition) is 8. The fourth-order valence-electron chi connectivity index (χ4n) is 15.2. The van der Waals surface area contributed by atoms with Crippen LogP contribution in [0, 0.1) is 41.1 Å². The molecule has 0 aliphatic carbocycles. The van der Waals surface area contributed by atoms with Gasteiger partial charge in [-0.1, -0.05) is 157 Å². The van der Waals surface area contributed by atoms with E-state index in [0.717, 1.165) is 91.0 Å². The normalized spacial score (nSPS) is 13.0. The van der Waals surface area contributed by atoms with Gasteiger partial charge in [0.1, 0.15) is 86.6 Å². The van der Waals surface area contributed by atoms with Crippen LogP contribution >= 0.6 is 34.8 Å². The molecule has 0 radical (unpaired) electrons. The highest BCUT2D eigenvalue weighted by molar-refractivity contribution is 6.32. The zero-order valence-electron chi connectivity index (χ0n) is 77.4. The van der Waals surface area contributed by atoms with Gasteiger partial charge in [0, 0.05) is 47.9 Å². The Kier molecular flexibility index (Phi) is 37.4. The highest BCUT2D eigenvalue weighted by Gasteiger charge is 2.40. The Hall–Kier alpha value is -12.3. The van der Waals surface area contributed by atoms with Crippen LogP contribution in [0.2, 0.25) is 15.1 Å². The Balaban J connectivity index is 0.000000211. The molecule has 4 unspecified atom stereocenters. The third-order valence-corrected chi connectivity index (χ3v) is 22.8. The van der Waals surface area contributed by atoms with Crippen molar-refractivity contribution in [3.05, 3.63) is 330 Å². The predicted molar refractivity (Wildman–Crippen MR) is 495 cm³/mol. The third kappa shape index (κ3) is 32.6. The largest absolute Gasteiger partial charge is 0.457 e. The molecular formula is C107H91Cl3F24O8. The molecule has 12 aromatic rings. The maximum atomic E-state index is 13.9. The van der Waals surface area contributed by atoms with Gasteiger partial charge in [-0.05, 0) is 289 Å². The molecule has 0 aromatic heterocycles. The summed E-state index contributed by atoms with van der Waals surface area (Å²) in [5, 5.41) is -1.42. The fourth-order valence-corrected chi connectivity index (χ4v) is 15.9. The molecule has 0 N–H and O–H groups in total. The SMILES string of the molecule is CC(=O)C(CC(C)C)c1cc(Oc2cc(F)cc(C(F)(F)F)c2)cc(-c2ccc(Cl)c(C(F)(F)F)c2)c1.CC(=O)C(CC(C)C)c1cc(Oc2cc(F)cc(F)c2)cc(-c2ccc(Cl)c(C(F)(F)F)c2)c1.CC(=O)C(CC(C)C)c1cc(Oc2cccc(C(F)(F)F)c2)cc(-c2ccc(C(F)(F)F)cc2)c1.CC(=O)C(CC(C)C)c1cc(Oc2cccc(C(F)(F)F)c2)cc(-c2ccc(Cl)c(C(F)(F)F)c2)c1. The Morgan fingerprint density at radius 1 is 0.232 bits per heavy atom. The lowest BCUT2D eigenvalue weighted by atomic mass is 9.86. The summed E-state index contributed by atoms with van der Waals surface area (Å²) in [6.07, 6.45) is -30.7. The number of carbonyl (C=O) groups is 4. The van der Waals surface area contributed by atoms with Crippen molar-refractivity contribution in [1.29, 1.82) is 0 Å². The highest BCUT2D eigenvalue weighted by Crippen LogP contribution is 2.48. The van der Waals surface area contributed by atoms with E-state index in [1.165, 1.54) is 125 Å². The van der Waals surface area contributed by atoms with Gasteiger partial charge < -0.3 is 18.9 Å². The van der Waals surface area contributed by atoms with Crippen LogP contribution in [0.5, 0.6) is 46.0 Å². The van der Waals surface area contributed by atoms with E-state index < -0.39 is 144 Å². The van der Waals surface area contributed by atoms with E-state index in [4.69, 9.17) is 53.8 Å². The molecule has 4 atom stereocenters. The second kappa shape index (κ2) is 46.8. The second-order valence-corrected chi connectivity index (χ2v) is 36.4. The molecule has 142 heavy (non-hydrogen) atoms. The van der Waals surface area contributed by atoms with Crippen molar-refractivity contribution in [2.24, 2.45) is 23.7 Å². The number of alkyl halides is 21. The molecule has 0 spiro atoms. The van der Waals surface area contributed by atoms with Gasteiger partial charge >= 0.3 is 43.2 Å². The molecule has 0 aliphatic rings. The predicted octanol–water partition coefficient (Wildman–Crippen LogP) is 37.0. The summed E-state index contributed by atoms with van der Waals surface area (Å²) in [6, 6.07) is 45.8. The van der Waals surface area contributed by atoms with E-state index in [-0.39, 0.29) is 109 Å². The number of hydrogen-bond donors (Lipinski definition) is 0. The maximum Gasteiger partial charge on any atom is 0.417 e. The number of benzene rings is 12. The van der Waals surface area contributed by atoms with Crippen LogP contribution in [0.3, 0.4) is 0 Å². The topological polar surface area (TPSA) is 105 Å². The van der Waals surface area contributed by atoms with Crippen LogP contribution in [0.25, 0.3) is 44.5 Å². The minimum atomic E-state index is -4.83. The molecule has 0 aliphatic heterocycles. The molecule has 0 saturated carbocycles. The summed E-state index contributed by atoms with van der Waals surface area (Å²) >= 11 is 17.3. The van der Waals surface area contributed by atoms with Crippen LogP contribution in [0.1, 0.15) is 194 Å². The van der Waals surface area contributed by atoms with Gasteiger partial charge in [-0.25, -0.2) is 13.2 Å². The molecule has 0 amide bonds. The molecule has 0 heterocycles. The Labute approximate surface area is 817 Å². The molecular weight excluding hydrogens is 1980 g/mol. The van der Waals surface area contributed by atoms with Gasteiger partial charge in [-0.15, -0.1) is 0 Å². The lowest BCUT2D eigenvalue weighted by molar-refractivity contribution is -0.138. The first kappa shape index (κ1) is 113. The van der Waals surface area contributed by atoms with E-state index >= 15 is 0 Å². The highest BCUT2D eigenvalue weighted by atomic mass is 35.5. The summed E-state index contributed by atoms with van der Waals surface area (Å²) in [7, 11) is 0. The van der Waals surface area contributed by atoms with Crippen molar-refractivity contribution in [3.8, 4) is 90.5 Å². The van der Waals surface area contributed by atoms with Crippen LogP contribution in [-0.2, 0) is 62.4 Å². The van der Waals surface area contributed by atoms with Crippen molar-refractivity contribution >= 4 is 57.9 Å². The quantitative estimate of drug-likeness (QED) is 0.0447. The third-order valence-electron chi connectivity index (χ3n) is 21.8. The van der Waals surface area contributed by atoms with Gasteiger partial charge in [0.05, 0.1) is 54.0 Å². The second-order valence-electron chi connectivity index (χ2n) is 35.2. The van der Waals surface area contributed by atoms with Crippen molar-refractivity contribution in [2.45, 2.75) is 176 Å². The Morgan fingerprint density at radius 3 is 0.718 bits per heavy atom. The first-order chi connectivity index (χ1) is 65.7. The minimum absolute atomic E-state index is 0.0569. The Bertz CT molecular complexity index is 6450. The lowest BCUT2D eigenvalue weighted by Crippen LogP contribution is -2.12. The first-order valence-electron chi connectivity index (χ1n) is 43.6. The number of halogens is 27. The van der Waals surface area contributed by atoms with Crippen molar-refractivity contribution in [2.75, 3.05) is 0 Å². The monoisotopic (exact) mass is 2060 g/mol. The lowest BCUT2D eigenvalue weighted by Gasteiger charge is -2.20. The average Bonchev–Trinajstić information content (AvgIpc) is 0.796. The molecule has 0 fully saturated rings. The van der Waals surface area contributed by atoms with E-state index in [2.05, 4.69) is 0 Å². The number of ether oxygens (including phenoxy) is 4. The molecule has 12 rings (SSSR count). The Morgan fingerprint density at radius 2 is 0.465 bits per heavy atom. The van der Waals surface area contributed by atoms with Gasteiger partial charge in [0.25, 0.3) is 0 Å². The smallest absolute Gasteiger partial charge is 0.417 e. The van der Waals surface area contributed by atoms with E-state index in [9.17, 15) is 125 Å². The van der Waals surface area contributed by atoms with Crippen LogP contribution < -0.4 is 18.9 Å². The summed E-state index contributed by atoms with van der Waals surface area (Å²) in [5.41, 5.74) is -2.80. The zero-order chi connectivity index (χ0) is 106. The zero-order valence-corrected chi connectivity index (χ0v) is 79.7. The standard InChI is InChI=1S/C27H22ClF7O2.C27H23ClF6O2.C27H24F6O2.C26H22ClF5O2/c1-14(2)6-23(15(3)36)18-7-17(16-4-5-25(28)24(10-16)27(33,34)35)8-21(9-18)37-22-12-19(26(30,31)32)11-20(29)13-22;1-15(2)9-23(16(3)35)19-10-18(17-7-8-25(28)24(13-17)27(32,33)34)11-22(12-19)36-21-6-4-5-20(14-21)26(29,30)31;1-16(2)11-25(17(3)34)20-12-19(18-7-9-21(10-8-18)26(28,29)30)13-24(14-20)35-23-6-4-5-22(15-23)27(31,32)33;1-14(2)6-23(15(3)33)18-7-17(16-4-5-25(27)24(10-16)26(30,31)32)8-21(9-18)34-22-12-19(28)11-20(29)13-22/h4-5,7-14,23H,6H2,1-3H3;4-8,10-15,23H,9H2,1-3H3;4-10,12-16,25H,11H2,1-3H3;4-5,7-14,23H,6H2,1-3H3. The van der Waals surface area contributed by atoms with Gasteiger partial charge in [0.15, 0.2) is 0 Å². The average molecular weight is 2070 g/mol. The van der Waals surface area contributed by atoms with Crippen molar-refractivity contribution < 1.29 is 143 Å². The molecule has 35 heteroatoms. The number of carbonyl (C=O) groups excluding carboxylic acids is 4. The van der Waals surface area contributed by atoms with E-state index in [1.54, 1.807) is 30.3 Å². The summed E-state index contributed by atoms with van der Waals surface area (Å²) in [5.74, 6) is -5.69. The molecule has 0 bridgehead atoms. The van der Waals surface area contributed by atoms with Gasteiger partial charge in [-0.3, -0.25) is 19.2 Å². The number of rotatable bonds is 28. The van der Waals surface area contributed by atoms with Crippen LogP contribution in [0.4, 0.5) is 105 Å². The number of ketones is 4. The van der Waals surface area contributed by atoms with Crippen LogP contribution in [0.15, 0.2) is 237 Å².